The summed E-state index contributed by atoms with van der Waals surface area (Å²) in [6.07, 6.45) is 0.394. The van der Waals surface area contributed by atoms with Gasteiger partial charge in [-0.05, 0) is 38.3 Å². The number of nitrogens with one attached hydrogen (secondary N) is 1. The average Bonchev–Trinajstić information content (AvgIpc) is 2.53. The molecule has 1 atom stereocenters. The van der Waals surface area contributed by atoms with Gasteiger partial charge in [-0.15, -0.1) is 0 Å². The van der Waals surface area contributed by atoms with E-state index in [1.807, 2.05) is 20.8 Å². The summed E-state index contributed by atoms with van der Waals surface area (Å²) >= 11 is 0. The Morgan fingerprint density at radius 2 is 1.76 bits per heavy atom. The Balaban J connectivity index is 2.97. The Hall–Kier alpha value is -1.80. The lowest BCUT2D eigenvalue weighted by Crippen LogP contribution is -2.33. The first-order valence-corrected chi connectivity index (χ1v) is 9.81. The molecule has 0 radical (unpaired) electrons. The second-order valence-corrected chi connectivity index (χ2v) is 7.76. The zero-order valence-corrected chi connectivity index (χ0v) is 15.9. The van der Waals surface area contributed by atoms with Crippen molar-refractivity contribution in [1.29, 1.82) is 0 Å². The van der Waals surface area contributed by atoms with Crippen molar-refractivity contribution in [3.05, 3.63) is 18.2 Å². The minimum absolute atomic E-state index is 0.00749. The number of hydrogen-bond acceptors (Lipinski definition) is 5. The summed E-state index contributed by atoms with van der Waals surface area (Å²) in [4.78, 5) is 11.3. The molecule has 8 heteroatoms. The molecule has 0 aliphatic carbocycles. The second-order valence-electron chi connectivity index (χ2n) is 5.99. The SMILES string of the molecule is CCOc1ccc(S(=O)(=O)NCC(CC(C)C)C(=O)O)cc1OCC. The molecule has 0 saturated heterocycles. The molecule has 25 heavy (non-hydrogen) atoms. The molecule has 0 heterocycles. The molecule has 0 spiro atoms. The summed E-state index contributed by atoms with van der Waals surface area (Å²) in [5.41, 5.74) is 0. The van der Waals surface area contributed by atoms with Gasteiger partial charge in [0.2, 0.25) is 10.0 Å². The smallest absolute Gasteiger partial charge is 0.307 e. The van der Waals surface area contributed by atoms with Gasteiger partial charge in [0.05, 0.1) is 24.0 Å². The zero-order valence-electron chi connectivity index (χ0n) is 15.1. The van der Waals surface area contributed by atoms with E-state index in [1.54, 1.807) is 6.92 Å². The van der Waals surface area contributed by atoms with Gasteiger partial charge in [-0.3, -0.25) is 4.79 Å². The third-order valence-electron chi connectivity index (χ3n) is 3.45. The average molecular weight is 373 g/mol. The van der Waals surface area contributed by atoms with Crippen LogP contribution in [0.1, 0.15) is 34.1 Å². The van der Waals surface area contributed by atoms with Crippen molar-refractivity contribution in [3.8, 4) is 11.5 Å². The molecule has 1 unspecified atom stereocenters. The fourth-order valence-corrected chi connectivity index (χ4v) is 3.43. The largest absolute Gasteiger partial charge is 0.490 e. The molecule has 1 rings (SSSR count). The number of carbonyl (C=O) groups is 1. The van der Waals surface area contributed by atoms with Gasteiger partial charge in [0.1, 0.15) is 0 Å². The van der Waals surface area contributed by atoms with Crippen LogP contribution in [0.4, 0.5) is 0 Å². The van der Waals surface area contributed by atoms with Gasteiger partial charge in [-0.2, -0.15) is 0 Å². The van der Waals surface area contributed by atoms with E-state index in [1.165, 1.54) is 18.2 Å². The fourth-order valence-electron chi connectivity index (χ4n) is 2.33. The topological polar surface area (TPSA) is 102 Å². The summed E-state index contributed by atoms with van der Waals surface area (Å²) in [5.74, 6) is -0.835. The second kappa shape index (κ2) is 9.62. The lowest BCUT2D eigenvalue weighted by atomic mass is 9.98. The molecule has 2 N–H and O–H groups in total. The first kappa shape index (κ1) is 21.2. The van der Waals surface area contributed by atoms with E-state index in [2.05, 4.69) is 4.72 Å². The lowest BCUT2D eigenvalue weighted by Gasteiger charge is -2.16. The highest BCUT2D eigenvalue weighted by molar-refractivity contribution is 7.89. The van der Waals surface area contributed by atoms with Crippen LogP contribution in [-0.2, 0) is 14.8 Å². The van der Waals surface area contributed by atoms with Crippen molar-refractivity contribution in [2.75, 3.05) is 19.8 Å². The molecule has 142 valence electrons. The summed E-state index contributed by atoms with van der Waals surface area (Å²) in [6.45, 7) is 8.04. The number of rotatable bonds is 11. The van der Waals surface area contributed by atoms with Crippen molar-refractivity contribution >= 4 is 16.0 Å². The van der Waals surface area contributed by atoms with Gasteiger partial charge >= 0.3 is 5.97 Å². The summed E-state index contributed by atoms with van der Waals surface area (Å²) in [5, 5.41) is 9.23. The molecule has 0 saturated carbocycles. The van der Waals surface area contributed by atoms with E-state index in [4.69, 9.17) is 9.47 Å². The van der Waals surface area contributed by atoms with Gasteiger partial charge in [0.25, 0.3) is 0 Å². The van der Waals surface area contributed by atoms with E-state index >= 15 is 0 Å². The fraction of sp³-hybridized carbons (Fsp3) is 0.588. The Labute approximate surface area is 149 Å². The van der Waals surface area contributed by atoms with Crippen molar-refractivity contribution in [1.82, 2.24) is 4.72 Å². The number of sulfonamides is 1. The van der Waals surface area contributed by atoms with Gasteiger partial charge in [-0.25, -0.2) is 13.1 Å². The first-order chi connectivity index (χ1) is 11.7. The Bertz CT molecular complexity index is 672. The molecule has 1 aromatic rings. The molecule has 0 fully saturated rings. The molecule has 0 aliphatic heterocycles. The van der Waals surface area contributed by atoms with Crippen LogP contribution in [0.5, 0.6) is 11.5 Å². The number of aliphatic carboxylic acids is 1. The van der Waals surface area contributed by atoms with Crippen LogP contribution in [0.2, 0.25) is 0 Å². The highest BCUT2D eigenvalue weighted by Gasteiger charge is 2.23. The van der Waals surface area contributed by atoms with Crippen molar-refractivity contribution in [2.45, 2.75) is 39.0 Å². The third kappa shape index (κ3) is 6.55. The van der Waals surface area contributed by atoms with Gasteiger partial charge < -0.3 is 14.6 Å². The maximum atomic E-state index is 12.5. The zero-order chi connectivity index (χ0) is 19.0. The highest BCUT2D eigenvalue weighted by Crippen LogP contribution is 2.30. The minimum atomic E-state index is -3.85. The molecule has 0 aromatic heterocycles. The summed E-state index contributed by atoms with van der Waals surface area (Å²) < 4.78 is 38.2. The van der Waals surface area contributed by atoms with Crippen LogP contribution in [0.15, 0.2) is 23.1 Å². The molecule has 1 aromatic carbocycles. The molecule has 7 nitrogen and oxygen atoms in total. The standard InChI is InChI=1S/C17H27NO6S/c1-5-23-15-8-7-14(10-16(15)24-6-2)25(21,22)18-11-13(17(19)20)9-12(3)4/h7-8,10,12-13,18H,5-6,9,11H2,1-4H3,(H,19,20). The number of benzene rings is 1. The Kier molecular flexibility index (Phi) is 8.18. The maximum absolute atomic E-state index is 12.5. The van der Waals surface area contributed by atoms with Crippen LogP contribution in [-0.4, -0.2) is 39.3 Å². The van der Waals surface area contributed by atoms with Crippen molar-refractivity contribution < 1.29 is 27.8 Å². The quantitative estimate of drug-likeness (QED) is 0.618. The minimum Gasteiger partial charge on any atom is -0.490 e. The lowest BCUT2D eigenvalue weighted by molar-refractivity contribution is -0.142. The summed E-state index contributed by atoms with van der Waals surface area (Å²) in [6, 6.07) is 4.33. The van der Waals surface area contributed by atoms with Gasteiger partial charge in [0, 0.05) is 12.6 Å². The number of hydrogen-bond donors (Lipinski definition) is 2. The van der Waals surface area contributed by atoms with Crippen LogP contribution in [0, 0.1) is 11.8 Å². The van der Waals surface area contributed by atoms with E-state index in [-0.39, 0.29) is 17.4 Å². The van der Waals surface area contributed by atoms with Crippen LogP contribution >= 0.6 is 0 Å². The summed E-state index contributed by atoms with van der Waals surface area (Å²) in [7, 11) is -3.85. The normalized spacial score (nSPS) is 12.8. The number of carboxylic acid groups (broad SMARTS) is 1. The van der Waals surface area contributed by atoms with E-state index in [0.717, 1.165) is 0 Å². The molecular formula is C17H27NO6S. The predicted octanol–water partition coefficient (Wildman–Crippen LogP) is 2.51. The molecular weight excluding hydrogens is 346 g/mol. The molecule has 0 bridgehead atoms. The van der Waals surface area contributed by atoms with Gasteiger partial charge in [-0.1, -0.05) is 13.8 Å². The van der Waals surface area contributed by atoms with E-state index in [0.29, 0.717) is 31.1 Å². The van der Waals surface area contributed by atoms with Crippen LogP contribution < -0.4 is 14.2 Å². The number of carboxylic acids is 1. The maximum Gasteiger partial charge on any atom is 0.307 e. The third-order valence-corrected chi connectivity index (χ3v) is 4.87. The predicted molar refractivity (Wildman–Crippen MR) is 94.5 cm³/mol. The van der Waals surface area contributed by atoms with Crippen LogP contribution in [0.25, 0.3) is 0 Å². The highest BCUT2D eigenvalue weighted by atomic mass is 32.2. The Morgan fingerprint density at radius 3 is 2.28 bits per heavy atom. The first-order valence-electron chi connectivity index (χ1n) is 8.33. The number of ether oxygens (including phenoxy) is 2. The van der Waals surface area contributed by atoms with Gasteiger partial charge in [0.15, 0.2) is 11.5 Å². The monoisotopic (exact) mass is 373 g/mol. The van der Waals surface area contributed by atoms with Crippen LogP contribution in [0.3, 0.4) is 0 Å². The van der Waals surface area contributed by atoms with E-state index < -0.39 is 21.9 Å². The van der Waals surface area contributed by atoms with E-state index in [9.17, 15) is 18.3 Å². The van der Waals surface area contributed by atoms with Crippen molar-refractivity contribution in [3.63, 3.8) is 0 Å². The Morgan fingerprint density at radius 1 is 1.16 bits per heavy atom. The van der Waals surface area contributed by atoms with Crippen molar-refractivity contribution in [2.24, 2.45) is 11.8 Å². The molecule has 0 aliphatic rings. The molecule has 0 amide bonds.